The highest BCUT2D eigenvalue weighted by atomic mass is 19.4. The molecule has 0 aliphatic heterocycles. The average molecular weight is 576 g/mol. The molecular formula is C27H15F3N6O6. The van der Waals surface area contributed by atoms with E-state index in [2.05, 4.69) is 15.1 Å². The molecule has 3 aromatic carbocycles. The van der Waals surface area contributed by atoms with Gasteiger partial charge in [-0.1, -0.05) is 24.3 Å². The first kappa shape index (κ1) is 27.6. The molecule has 0 bridgehead atoms. The van der Waals surface area contributed by atoms with Crippen molar-refractivity contribution in [3.05, 3.63) is 127 Å². The highest BCUT2D eigenvalue weighted by Crippen LogP contribution is 2.33. The molecule has 0 aliphatic carbocycles. The summed E-state index contributed by atoms with van der Waals surface area (Å²) >= 11 is 0. The summed E-state index contributed by atoms with van der Waals surface area (Å²) in [6.45, 7) is 0. The second kappa shape index (κ2) is 10.9. The number of pyridine rings is 1. The van der Waals surface area contributed by atoms with Crippen LogP contribution in [0.15, 0.2) is 95.0 Å². The van der Waals surface area contributed by atoms with Crippen molar-refractivity contribution in [2.24, 2.45) is 5.10 Å². The molecule has 0 saturated heterocycles. The van der Waals surface area contributed by atoms with Gasteiger partial charge in [0.2, 0.25) is 11.6 Å². The smallest absolute Gasteiger partial charge is 0.416 e. The molecule has 0 spiro atoms. The van der Waals surface area contributed by atoms with Gasteiger partial charge in [-0.2, -0.15) is 22.9 Å². The van der Waals surface area contributed by atoms with E-state index >= 15 is 0 Å². The molecule has 42 heavy (non-hydrogen) atoms. The molecular weight excluding hydrogens is 561 g/mol. The van der Waals surface area contributed by atoms with Gasteiger partial charge in [-0.25, -0.2) is 9.97 Å². The number of para-hydroxylation sites is 1. The van der Waals surface area contributed by atoms with Crippen LogP contribution in [0.25, 0.3) is 22.3 Å². The van der Waals surface area contributed by atoms with Crippen molar-refractivity contribution in [1.29, 1.82) is 0 Å². The van der Waals surface area contributed by atoms with Crippen LogP contribution in [-0.2, 0) is 6.18 Å². The Morgan fingerprint density at radius 3 is 2.40 bits per heavy atom. The third-order valence-electron chi connectivity index (χ3n) is 5.85. The molecule has 2 heterocycles. The topological polar surface area (TPSA) is 156 Å². The number of benzene rings is 3. The Morgan fingerprint density at radius 2 is 1.71 bits per heavy atom. The first-order chi connectivity index (χ1) is 20.0. The number of fused-ring (bicyclic) bond motifs is 1. The molecule has 0 radical (unpaired) electrons. The summed E-state index contributed by atoms with van der Waals surface area (Å²) in [5.74, 6) is -0.544. The summed E-state index contributed by atoms with van der Waals surface area (Å²) in [7, 11) is 0. The Hall–Kier alpha value is -5.99. The summed E-state index contributed by atoms with van der Waals surface area (Å²) in [5.41, 5.74) is -2.10. The van der Waals surface area contributed by atoms with Gasteiger partial charge in [0.1, 0.15) is 6.20 Å². The number of nitro groups is 2. The first-order valence-electron chi connectivity index (χ1n) is 11.8. The van der Waals surface area contributed by atoms with E-state index in [9.17, 15) is 38.2 Å². The van der Waals surface area contributed by atoms with Gasteiger partial charge in [-0.3, -0.25) is 25.0 Å². The zero-order chi connectivity index (χ0) is 30.0. The minimum atomic E-state index is -4.64. The number of halogens is 3. The molecule has 2 aromatic heterocycles. The van der Waals surface area contributed by atoms with Crippen molar-refractivity contribution in [3.63, 3.8) is 0 Å². The molecule has 0 N–H and O–H groups in total. The van der Waals surface area contributed by atoms with E-state index in [1.54, 1.807) is 12.1 Å². The molecule has 0 saturated carbocycles. The predicted molar refractivity (Wildman–Crippen MR) is 143 cm³/mol. The molecule has 210 valence electrons. The third kappa shape index (κ3) is 5.65. The SMILES string of the molecule is O=c1c2ccccc2nc(-c2cccc(C(F)(F)F)c2)n1N=Cc1ccc(Oc2ccc([N+](=O)[O-])cn2)c([N+](=O)[O-])c1. The van der Waals surface area contributed by atoms with Gasteiger partial charge in [-0.15, -0.1) is 0 Å². The van der Waals surface area contributed by atoms with Crippen molar-refractivity contribution in [3.8, 4) is 23.0 Å². The standard InChI is InChI=1S/C27H15F3N6O6/c28-27(29,30)18-5-3-4-17(13-18)25-33-21-7-2-1-6-20(21)26(37)34(25)32-14-16-8-10-23(22(12-16)36(40)41)42-24-11-9-19(15-31-24)35(38)39/h1-15H. The van der Waals surface area contributed by atoms with Crippen LogP contribution < -0.4 is 10.3 Å². The van der Waals surface area contributed by atoms with Crippen LogP contribution in [0.2, 0.25) is 0 Å². The highest BCUT2D eigenvalue weighted by molar-refractivity contribution is 5.83. The molecule has 5 rings (SSSR count). The van der Waals surface area contributed by atoms with Crippen LogP contribution in [0.1, 0.15) is 11.1 Å². The Balaban J connectivity index is 1.56. The van der Waals surface area contributed by atoms with Gasteiger partial charge in [0.05, 0.1) is 32.5 Å². The fraction of sp³-hybridized carbons (Fsp3) is 0.0370. The van der Waals surface area contributed by atoms with Crippen LogP contribution in [0.3, 0.4) is 0 Å². The third-order valence-corrected chi connectivity index (χ3v) is 5.85. The normalized spacial score (nSPS) is 11.6. The number of nitro benzene ring substituents is 1. The maximum absolute atomic E-state index is 13.4. The van der Waals surface area contributed by atoms with E-state index in [4.69, 9.17) is 4.74 Å². The summed E-state index contributed by atoms with van der Waals surface area (Å²) in [6, 6.07) is 16.5. The maximum Gasteiger partial charge on any atom is 0.416 e. The number of rotatable bonds is 7. The maximum atomic E-state index is 13.4. The minimum Gasteiger partial charge on any atom is -0.432 e. The Morgan fingerprint density at radius 1 is 0.929 bits per heavy atom. The summed E-state index contributed by atoms with van der Waals surface area (Å²) < 4.78 is 46.4. The van der Waals surface area contributed by atoms with Gasteiger partial charge >= 0.3 is 11.9 Å². The van der Waals surface area contributed by atoms with Crippen LogP contribution in [0.4, 0.5) is 24.5 Å². The Bertz CT molecular complexity index is 1940. The van der Waals surface area contributed by atoms with Crippen LogP contribution in [0, 0.1) is 20.2 Å². The molecule has 0 aliphatic rings. The van der Waals surface area contributed by atoms with Crippen molar-refractivity contribution < 1.29 is 27.8 Å². The van der Waals surface area contributed by atoms with Gasteiger partial charge in [0, 0.05) is 29.3 Å². The Labute approximate surface area is 232 Å². The lowest BCUT2D eigenvalue weighted by atomic mass is 10.1. The lowest BCUT2D eigenvalue weighted by Crippen LogP contribution is -2.20. The molecule has 0 amide bonds. The fourth-order valence-corrected chi connectivity index (χ4v) is 3.87. The number of hydrogen-bond donors (Lipinski definition) is 0. The zero-order valence-electron chi connectivity index (χ0n) is 20.9. The number of ether oxygens (including phenoxy) is 1. The molecule has 5 aromatic rings. The zero-order valence-corrected chi connectivity index (χ0v) is 20.9. The summed E-state index contributed by atoms with van der Waals surface area (Å²) in [4.78, 5) is 42.6. The van der Waals surface area contributed by atoms with E-state index in [-0.39, 0.29) is 45.2 Å². The summed E-state index contributed by atoms with van der Waals surface area (Å²) in [5, 5.41) is 26.8. The van der Waals surface area contributed by atoms with Crippen molar-refractivity contribution in [2.45, 2.75) is 6.18 Å². The second-order valence-corrected chi connectivity index (χ2v) is 8.59. The van der Waals surface area contributed by atoms with E-state index in [0.717, 1.165) is 41.4 Å². The summed E-state index contributed by atoms with van der Waals surface area (Å²) in [6.07, 6.45) is -2.61. The van der Waals surface area contributed by atoms with Gasteiger partial charge < -0.3 is 4.74 Å². The van der Waals surface area contributed by atoms with E-state index in [1.807, 2.05) is 0 Å². The quantitative estimate of drug-likeness (QED) is 0.130. The van der Waals surface area contributed by atoms with Gasteiger partial charge in [0.15, 0.2) is 5.82 Å². The molecule has 0 atom stereocenters. The van der Waals surface area contributed by atoms with E-state index in [0.29, 0.717) is 0 Å². The second-order valence-electron chi connectivity index (χ2n) is 8.59. The fourth-order valence-electron chi connectivity index (χ4n) is 3.87. The van der Waals surface area contributed by atoms with E-state index in [1.165, 1.54) is 42.5 Å². The molecule has 0 unspecified atom stereocenters. The van der Waals surface area contributed by atoms with Crippen molar-refractivity contribution in [2.75, 3.05) is 0 Å². The van der Waals surface area contributed by atoms with Crippen LogP contribution in [0.5, 0.6) is 11.6 Å². The number of alkyl halides is 3. The molecule has 12 nitrogen and oxygen atoms in total. The lowest BCUT2D eigenvalue weighted by Gasteiger charge is -2.12. The highest BCUT2D eigenvalue weighted by Gasteiger charge is 2.31. The van der Waals surface area contributed by atoms with Crippen molar-refractivity contribution in [1.82, 2.24) is 14.6 Å². The number of hydrogen-bond acceptors (Lipinski definition) is 9. The molecule has 0 fully saturated rings. The monoisotopic (exact) mass is 576 g/mol. The predicted octanol–water partition coefficient (Wildman–Crippen LogP) is 5.97. The Kier molecular flexibility index (Phi) is 7.14. The van der Waals surface area contributed by atoms with E-state index < -0.39 is 32.8 Å². The van der Waals surface area contributed by atoms with Crippen LogP contribution >= 0.6 is 0 Å². The largest absolute Gasteiger partial charge is 0.432 e. The molecule has 15 heteroatoms. The van der Waals surface area contributed by atoms with Gasteiger partial charge in [-0.05, 0) is 36.4 Å². The first-order valence-corrected chi connectivity index (χ1v) is 11.8. The van der Waals surface area contributed by atoms with Gasteiger partial charge in [0.25, 0.3) is 11.2 Å². The van der Waals surface area contributed by atoms with Crippen molar-refractivity contribution >= 4 is 28.5 Å². The average Bonchev–Trinajstić information content (AvgIpc) is 2.97. The minimum absolute atomic E-state index is 0.0323. The number of nitrogens with zero attached hydrogens (tertiary/aromatic N) is 6. The number of aromatic nitrogens is 3. The lowest BCUT2D eigenvalue weighted by molar-refractivity contribution is -0.385. The van der Waals surface area contributed by atoms with Crippen LogP contribution in [-0.4, -0.2) is 30.7 Å².